The van der Waals surface area contributed by atoms with Gasteiger partial charge in [0.25, 0.3) is 0 Å². The van der Waals surface area contributed by atoms with Gasteiger partial charge >= 0.3 is 0 Å². The van der Waals surface area contributed by atoms with E-state index < -0.39 is 0 Å². The van der Waals surface area contributed by atoms with Gasteiger partial charge in [0, 0.05) is 5.39 Å². The van der Waals surface area contributed by atoms with E-state index >= 15 is 0 Å². The number of rotatable bonds is 2. The molecule has 0 aliphatic carbocycles. The van der Waals surface area contributed by atoms with Crippen LogP contribution in [0, 0.1) is 0 Å². The zero-order valence-corrected chi connectivity index (χ0v) is 11.3. The average Bonchev–Trinajstić information content (AvgIpc) is 2.41. The predicted octanol–water partition coefficient (Wildman–Crippen LogP) is 5.33. The molecule has 3 aromatic rings. The summed E-state index contributed by atoms with van der Waals surface area (Å²) < 4.78 is 5.82. The van der Waals surface area contributed by atoms with Crippen molar-refractivity contribution in [1.29, 1.82) is 0 Å². The second kappa shape index (κ2) is 5.08. The Kier molecular flexibility index (Phi) is 3.28. The SMILES string of the molecule is Clc1cc(Cl)c2cccc(Oc3ccccc3)c2n1. The molecule has 0 radical (unpaired) electrons. The van der Waals surface area contributed by atoms with Crippen LogP contribution in [-0.2, 0) is 0 Å². The topological polar surface area (TPSA) is 22.1 Å². The molecule has 4 heteroatoms. The molecule has 0 fully saturated rings. The Hall–Kier alpha value is -1.77. The van der Waals surface area contributed by atoms with Crippen LogP contribution in [0.5, 0.6) is 11.5 Å². The lowest BCUT2D eigenvalue weighted by Gasteiger charge is -2.09. The normalized spacial score (nSPS) is 10.6. The molecule has 0 N–H and O–H groups in total. The van der Waals surface area contributed by atoms with Crippen molar-refractivity contribution in [3.63, 3.8) is 0 Å². The fraction of sp³-hybridized carbons (Fsp3) is 0. The van der Waals surface area contributed by atoms with Crippen LogP contribution in [-0.4, -0.2) is 4.98 Å². The molecule has 19 heavy (non-hydrogen) atoms. The van der Waals surface area contributed by atoms with Crippen molar-refractivity contribution in [2.24, 2.45) is 0 Å². The molecule has 0 atom stereocenters. The highest BCUT2D eigenvalue weighted by Crippen LogP contribution is 2.33. The first-order chi connectivity index (χ1) is 9.24. The molecule has 1 aromatic heterocycles. The van der Waals surface area contributed by atoms with Crippen molar-refractivity contribution in [3.8, 4) is 11.5 Å². The molecule has 0 bridgehead atoms. The maximum Gasteiger partial charge on any atom is 0.153 e. The zero-order valence-electron chi connectivity index (χ0n) is 9.81. The van der Waals surface area contributed by atoms with Gasteiger partial charge in [0.05, 0.1) is 5.02 Å². The van der Waals surface area contributed by atoms with Crippen molar-refractivity contribution in [3.05, 3.63) is 64.8 Å². The first kappa shape index (κ1) is 12.3. The highest BCUT2D eigenvalue weighted by Gasteiger charge is 2.09. The number of halogens is 2. The number of ether oxygens (including phenoxy) is 1. The quantitative estimate of drug-likeness (QED) is 0.595. The number of nitrogens with zero attached hydrogens (tertiary/aromatic N) is 1. The van der Waals surface area contributed by atoms with E-state index in [1.54, 1.807) is 6.07 Å². The number of hydrogen-bond donors (Lipinski definition) is 0. The second-order valence-electron chi connectivity index (χ2n) is 3.99. The first-order valence-corrected chi connectivity index (χ1v) is 6.47. The summed E-state index contributed by atoms with van der Waals surface area (Å²) in [5.74, 6) is 1.38. The fourth-order valence-corrected chi connectivity index (χ4v) is 2.35. The van der Waals surface area contributed by atoms with Crippen molar-refractivity contribution in [2.45, 2.75) is 0 Å². The number of hydrogen-bond acceptors (Lipinski definition) is 2. The van der Waals surface area contributed by atoms with Crippen molar-refractivity contribution in [2.75, 3.05) is 0 Å². The number of benzene rings is 2. The Morgan fingerprint density at radius 1 is 0.895 bits per heavy atom. The smallest absolute Gasteiger partial charge is 0.153 e. The summed E-state index contributed by atoms with van der Waals surface area (Å²) in [6.07, 6.45) is 0. The minimum atomic E-state index is 0.349. The molecule has 0 saturated carbocycles. The standard InChI is InChI=1S/C15H9Cl2NO/c16-12-9-14(17)18-15-11(12)7-4-8-13(15)19-10-5-2-1-3-6-10/h1-9H. The molecule has 94 valence electrons. The molecule has 2 aromatic carbocycles. The molecule has 0 saturated heterocycles. The fourth-order valence-electron chi connectivity index (χ4n) is 1.85. The van der Waals surface area contributed by atoms with Crippen LogP contribution in [0.4, 0.5) is 0 Å². The summed E-state index contributed by atoms with van der Waals surface area (Å²) in [6, 6.07) is 16.7. The minimum absolute atomic E-state index is 0.349. The summed E-state index contributed by atoms with van der Waals surface area (Å²) in [5.41, 5.74) is 0.656. The maximum atomic E-state index is 6.16. The highest BCUT2D eigenvalue weighted by atomic mass is 35.5. The Bertz CT molecular complexity index is 729. The molecule has 1 heterocycles. The third kappa shape index (κ3) is 2.50. The van der Waals surface area contributed by atoms with Gasteiger partial charge in [0.2, 0.25) is 0 Å². The van der Waals surface area contributed by atoms with Gasteiger partial charge in [0.1, 0.15) is 16.4 Å². The molecule has 3 rings (SSSR count). The van der Waals surface area contributed by atoms with E-state index in [9.17, 15) is 0 Å². The van der Waals surface area contributed by atoms with E-state index in [0.29, 0.717) is 21.4 Å². The Labute approximate surface area is 120 Å². The third-order valence-electron chi connectivity index (χ3n) is 2.69. The van der Waals surface area contributed by atoms with Crippen LogP contribution in [0.3, 0.4) is 0 Å². The van der Waals surface area contributed by atoms with E-state index in [4.69, 9.17) is 27.9 Å². The summed E-state index contributed by atoms with van der Waals surface area (Å²) in [4.78, 5) is 4.29. The monoisotopic (exact) mass is 289 g/mol. The van der Waals surface area contributed by atoms with E-state index in [-0.39, 0.29) is 0 Å². The number of fused-ring (bicyclic) bond motifs is 1. The lowest BCUT2D eigenvalue weighted by atomic mass is 10.2. The van der Waals surface area contributed by atoms with E-state index in [1.807, 2.05) is 48.5 Å². The summed E-state index contributed by atoms with van der Waals surface area (Å²) in [5, 5.41) is 1.73. The van der Waals surface area contributed by atoms with Gasteiger partial charge in [-0.05, 0) is 24.3 Å². The maximum absolute atomic E-state index is 6.16. The van der Waals surface area contributed by atoms with Crippen molar-refractivity contribution >= 4 is 34.1 Å². The Morgan fingerprint density at radius 2 is 1.68 bits per heavy atom. The Balaban J connectivity index is 2.14. The molecule has 0 aliphatic rings. The second-order valence-corrected chi connectivity index (χ2v) is 4.79. The minimum Gasteiger partial charge on any atom is -0.455 e. The van der Waals surface area contributed by atoms with Gasteiger partial charge in [-0.15, -0.1) is 0 Å². The Morgan fingerprint density at radius 3 is 2.47 bits per heavy atom. The van der Waals surface area contributed by atoms with Gasteiger partial charge < -0.3 is 4.74 Å². The van der Waals surface area contributed by atoms with Gasteiger partial charge in [-0.2, -0.15) is 0 Å². The summed E-state index contributed by atoms with van der Waals surface area (Å²) in [7, 11) is 0. The van der Waals surface area contributed by atoms with Crippen LogP contribution in [0.25, 0.3) is 10.9 Å². The molecular weight excluding hydrogens is 281 g/mol. The first-order valence-electron chi connectivity index (χ1n) is 5.72. The summed E-state index contributed by atoms with van der Waals surface area (Å²) >= 11 is 12.1. The zero-order chi connectivity index (χ0) is 13.2. The van der Waals surface area contributed by atoms with Gasteiger partial charge in [0.15, 0.2) is 5.75 Å². The van der Waals surface area contributed by atoms with Crippen LogP contribution in [0.2, 0.25) is 10.2 Å². The molecule has 0 aliphatic heterocycles. The lowest BCUT2D eigenvalue weighted by molar-refractivity contribution is 0.487. The van der Waals surface area contributed by atoms with Crippen LogP contribution in [0.1, 0.15) is 0 Å². The predicted molar refractivity (Wildman–Crippen MR) is 78.3 cm³/mol. The number of aromatic nitrogens is 1. The van der Waals surface area contributed by atoms with Crippen LogP contribution < -0.4 is 4.74 Å². The van der Waals surface area contributed by atoms with Gasteiger partial charge in [-0.3, -0.25) is 0 Å². The molecule has 0 unspecified atom stereocenters. The summed E-state index contributed by atoms with van der Waals surface area (Å²) in [6.45, 7) is 0. The van der Waals surface area contributed by atoms with Crippen molar-refractivity contribution < 1.29 is 4.74 Å². The number of para-hydroxylation sites is 2. The molecule has 0 amide bonds. The number of pyridine rings is 1. The van der Waals surface area contributed by atoms with Crippen LogP contribution in [0.15, 0.2) is 54.6 Å². The largest absolute Gasteiger partial charge is 0.455 e. The molecular formula is C15H9Cl2NO. The highest BCUT2D eigenvalue weighted by molar-refractivity contribution is 6.37. The third-order valence-corrected chi connectivity index (χ3v) is 3.20. The lowest BCUT2D eigenvalue weighted by Crippen LogP contribution is -1.89. The van der Waals surface area contributed by atoms with E-state index in [2.05, 4.69) is 4.98 Å². The van der Waals surface area contributed by atoms with Gasteiger partial charge in [-0.25, -0.2) is 4.98 Å². The van der Waals surface area contributed by atoms with E-state index in [1.165, 1.54) is 0 Å². The average molecular weight is 290 g/mol. The molecule has 2 nitrogen and oxygen atoms in total. The van der Waals surface area contributed by atoms with Crippen molar-refractivity contribution in [1.82, 2.24) is 4.98 Å². The molecule has 0 spiro atoms. The van der Waals surface area contributed by atoms with Gasteiger partial charge in [-0.1, -0.05) is 53.5 Å². The van der Waals surface area contributed by atoms with E-state index in [0.717, 1.165) is 11.1 Å². The van der Waals surface area contributed by atoms with Crippen LogP contribution >= 0.6 is 23.2 Å².